The zero-order valence-electron chi connectivity index (χ0n) is 24.4. The van der Waals surface area contributed by atoms with E-state index in [2.05, 4.69) is 21.2 Å². The predicted octanol–water partition coefficient (Wildman–Crippen LogP) is 6.03. The maximum atomic E-state index is 13.6. The molecule has 3 heterocycles. The summed E-state index contributed by atoms with van der Waals surface area (Å²) in [6, 6.07) is 19.6. The van der Waals surface area contributed by atoms with E-state index in [1.165, 1.54) is 6.26 Å². The van der Waals surface area contributed by atoms with Gasteiger partial charge in [-0.2, -0.15) is 18.8 Å². The van der Waals surface area contributed by atoms with Crippen LogP contribution in [0, 0.1) is 30.0 Å². The van der Waals surface area contributed by atoms with Gasteiger partial charge in [-0.25, -0.2) is 14.0 Å². The first-order valence-electron chi connectivity index (χ1n) is 14.0. The molecule has 1 atom stereocenters. The molecule has 2 aromatic carbocycles. The summed E-state index contributed by atoms with van der Waals surface area (Å²) in [5.41, 5.74) is 4.82. The SMILES string of the molecule is C.C.Cc1cc(C)c(C(=O)N2CCN(c3ccccc3[S@@](C)(=N)=O)CC2)nc1NC1CCN(c2ccccc2C#N)CC1.S. The first-order chi connectivity index (χ1) is 19.7. The van der Waals surface area contributed by atoms with Gasteiger partial charge in [0.15, 0.2) is 0 Å². The molecule has 0 aliphatic carbocycles. The van der Waals surface area contributed by atoms with Gasteiger partial charge in [0.1, 0.15) is 17.6 Å². The molecular weight excluding hydrogens is 591 g/mol. The minimum Gasteiger partial charge on any atom is -0.370 e. The molecule has 2 aliphatic heterocycles. The summed E-state index contributed by atoms with van der Waals surface area (Å²) in [6.45, 7) is 7.88. The van der Waals surface area contributed by atoms with Gasteiger partial charge in [0.2, 0.25) is 0 Å². The van der Waals surface area contributed by atoms with Gasteiger partial charge in [0.25, 0.3) is 5.91 Å². The summed E-state index contributed by atoms with van der Waals surface area (Å²) in [5, 5.41) is 13.1. The maximum Gasteiger partial charge on any atom is 0.272 e. The van der Waals surface area contributed by atoms with E-state index >= 15 is 0 Å². The molecule has 2 aliphatic rings. The van der Waals surface area contributed by atoms with Crippen LogP contribution in [0.5, 0.6) is 0 Å². The number of nitrogens with one attached hydrogen (secondary N) is 2. The van der Waals surface area contributed by atoms with Gasteiger partial charge in [-0.05, 0) is 62.1 Å². The lowest BCUT2D eigenvalue weighted by atomic mass is 10.0. The average Bonchev–Trinajstić information content (AvgIpc) is 2.98. The number of benzene rings is 2. The van der Waals surface area contributed by atoms with E-state index in [-0.39, 0.29) is 40.3 Å². The molecule has 2 fully saturated rings. The number of hydrogen-bond donors (Lipinski definition) is 2. The lowest BCUT2D eigenvalue weighted by Gasteiger charge is -2.37. The molecule has 1 aromatic heterocycles. The van der Waals surface area contributed by atoms with E-state index in [4.69, 9.17) is 9.76 Å². The Hall–Kier alpha value is -3.75. The first-order valence-corrected chi connectivity index (χ1v) is 16.0. The van der Waals surface area contributed by atoms with Gasteiger partial charge >= 0.3 is 0 Å². The largest absolute Gasteiger partial charge is 0.370 e. The zero-order valence-corrected chi connectivity index (χ0v) is 26.2. The van der Waals surface area contributed by atoms with E-state index in [9.17, 15) is 14.3 Å². The molecule has 238 valence electrons. The number of rotatable bonds is 6. The number of aryl methyl sites for hydroxylation is 2. The number of piperazine rings is 1. The number of amides is 1. The van der Waals surface area contributed by atoms with E-state index in [0.717, 1.165) is 54.3 Å². The van der Waals surface area contributed by atoms with Crippen molar-refractivity contribution in [2.75, 3.05) is 60.6 Å². The van der Waals surface area contributed by atoms with Crippen LogP contribution in [0.1, 0.15) is 54.9 Å². The van der Waals surface area contributed by atoms with Crippen LogP contribution < -0.4 is 15.1 Å². The molecule has 5 rings (SSSR count). The number of nitrogens with zero attached hydrogens (tertiary/aromatic N) is 5. The molecule has 0 bridgehead atoms. The van der Waals surface area contributed by atoms with Crippen LogP contribution in [0.15, 0.2) is 59.5 Å². The lowest BCUT2D eigenvalue weighted by Crippen LogP contribution is -2.49. The molecule has 0 unspecified atom stereocenters. The highest BCUT2D eigenvalue weighted by atomic mass is 32.2. The summed E-state index contributed by atoms with van der Waals surface area (Å²) < 4.78 is 20.6. The van der Waals surface area contributed by atoms with Crippen molar-refractivity contribution >= 4 is 46.3 Å². The minimum absolute atomic E-state index is 0. The third kappa shape index (κ3) is 7.85. The summed E-state index contributed by atoms with van der Waals surface area (Å²) in [6.07, 6.45) is 3.26. The van der Waals surface area contributed by atoms with Crippen LogP contribution in [-0.2, 0) is 9.73 Å². The molecule has 1 amide bonds. The molecule has 9 nitrogen and oxygen atoms in total. The highest BCUT2D eigenvalue weighted by Gasteiger charge is 2.28. The third-order valence-electron chi connectivity index (χ3n) is 8.00. The van der Waals surface area contributed by atoms with E-state index in [1.54, 1.807) is 6.07 Å². The standard InChI is InChI=1S/C31H37N7O2S.2CH4.H2S/c1-22-20-23(2)30(34-25-12-14-36(15-13-25)26-9-5-4-8-24(26)21-32)35-29(22)31(39)38-18-16-37(17-19-38)27-10-6-7-11-28(27)41(3,33)40;;;/h4-11,20,25,33H,12-19H2,1-3H3,(H,34,35);2*1H4;1H2/t41-;;;/m0.../s1. The molecular formula is C33H47N7O2S2. The quantitative estimate of drug-likeness (QED) is 0.339. The number of anilines is 3. The van der Waals surface area contributed by atoms with Gasteiger partial charge in [0, 0.05) is 51.6 Å². The number of aromatic nitrogens is 1. The molecule has 2 saturated heterocycles. The summed E-state index contributed by atoms with van der Waals surface area (Å²) in [7, 11) is -2.86. The van der Waals surface area contributed by atoms with Crippen molar-refractivity contribution in [2.24, 2.45) is 0 Å². The molecule has 0 spiro atoms. The Morgan fingerprint density at radius 3 is 2.11 bits per heavy atom. The van der Waals surface area contributed by atoms with Gasteiger partial charge in [0.05, 0.1) is 31.6 Å². The Morgan fingerprint density at radius 2 is 1.50 bits per heavy atom. The van der Waals surface area contributed by atoms with Gasteiger partial charge in [-0.3, -0.25) is 4.79 Å². The normalized spacial score (nSPS) is 16.4. The molecule has 2 N–H and O–H groups in total. The van der Waals surface area contributed by atoms with Crippen molar-refractivity contribution in [3.05, 3.63) is 77.0 Å². The van der Waals surface area contributed by atoms with Crippen molar-refractivity contribution in [1.82, 2.24) is 9.88 Å². The number of para-hydroxylation sites is 2. The number of hydrogen-bond acceptors (Lipinski definition) is 8. The predicted molar refractivity (Wildman–Crippen MR) is 187 cm³/mol. The number of carbonyl (C=O) groups excluding carboxylic acids is 1. The number of nitriles is 1. The van der Waals surface area contributed by atoms with Gasteiger partial charge in [-0.1, -0.05) is 45.2 Å². The number of pyridine rings is 1. The van der Waals surface area contributed by atoms with Crippen LogP contribution in [0.4, 0.5) is 17.2 Å². The highest BCUT2D eigenvalue weighted by molar-refractivity contribution is 7.91. The molecule has 3 aromatic rings. The zero-order chi connectivity index (χ0) is 29.1. The Bertz CT molecular complexity index is 1590. The van der Waals surface area contributed by atoms with Crippen LogP contribution >= 0.6 is 13.5 Å². The molecule has 0 radical (unpaired) electrons. The van der Waals surface area contributed by atoms with Crippen molar-refractivity contribution < 1.29 is 9.00 Å². The van der Waals surface area contributed by atoms with E-state index in [1.807, 2.05) is 67.3 Å². The van der Waals surface area contributed by atoms with Crippen LogP contribution in [0.3, 0.4) is 0 Å². The monoisotopic (exact) mass is 637 g/mol. The Morgan fingerprint density at radius 1 is 0.932 bits per heavy atom. The van der Waals surface area contributed by atoms with Gasteiger partial charge < -0.3 is 20.0 Å². The van der Waals surface area contributed by atoms with Gasteiger partial charge in [-0.15, -0.1) is 0 Å². The molecule has 44 heavy (non-hydrogen) atoms. The smallest absolute Gasteiger partial charge is 0.272 e. The fourth-order valence-electron chi connectivity index (χ4n) is 5.76. The number of piperidine rings is 1. The second kappa shape index (κ2) is 15.3. The minimum atomic E-state index is -2.86. The van der Waals surface area contributed by atoms with Crippen molar-refractivity contribution in [2.45, 2.75) is 52.5 Å². The Kier molecular flexibility index (Phi) is 12.7. The second-order valence-corrected chi connectivity index (χ2v) is 13.1. The van der Waals surface area contributed by atoms with E-state index < -0.39 is 9.73 Å². The second-order valence-electron chi connectivity index (χ2n) is 10.9. The van der Waals surface area contributed by atoms with Crippen molar-refractivity contribution in [3.63, 3.8) is 0 Å². The Labute approximate surface area is 270 Å². The van der Waals surface area contributed by atoms with Crippen molar-refractivity contribution in [3.8, 4) is 6.07 Å². The Balaban J connectivity index is 0.00000225. The topological polar surface area (TPSA) is 116 Å². The average molecular weight is 638 g/mol. The highest BCUT2D eigenvalue weighted by Crippen LogP contribution is 2.28. The lowest BCUT2D eigenvalue weighted by molar-refractivity contribution is 0.0740. The molecule has 11 heteroatoms. The number of carbonyl (C=O) groups is 1. The summed E-state index contributed by atoms with van der Waals surface area (Å²) in [5.74, 6) is 0.664. The summed E-state index contributed by atoms with van der Waals surface area (Å²) in [4.78, 5) is 25.2. The van der Waals surface area contributed by atoms with Crippen LogP contribution in [-0.4, -0.2) is 71.6 Å². The third-order valence-corrected chi connectivity index (χ3v) is 9.18. The summed E-state index contributed by atoms with van der Waals surface area (Å²) >= 11 is 0. The first kappa shape index (κ1) is 36.4. The fraction of sp³-hybridized carbons (Fsp3) is 0.424. The fourth-order valence-corrected chi connectivity index (χ4v) is 6.70. The van der Waals surface area contributed by atoms with Crippen LogP contribution in [0.25, 0.3) is 0 Å². The van der Waals surface area contributed by atoms with Crippen molar-refractivity contribution in [1.29, 1.82) is 10.0 Å². The van der Waals surface area contributed by atoms with E-state index in [0.29, 0.717) is 42.3 Å². The molecule has 0 saturated carbocycles. The maximum absolute atomic E-state index is 13.6. The van der Waals surface area contributed by atoms with Crippen LogP contribution in [0.2, 0.25) is 0 Å².